The molecule has 0 heteroatoms. The third-order valence-corrected chi connectivity index (χ3v) is 5.55. The summed E-state index contributed by atoms with van der Waals surface area (Å²) in [5, 5.41) is 0. The molecule has 11 heavy (non-hydrogen) atoms. The Kier molecular flexibility index (Phi) is 0.717. The molecule has 0 radical (unpaired) electrons. The Morgan fingerprint density at radius 2 is 1.55 bits per heavy atom. The van der Waals surface area contributed by atoms with E-state index < -0.39 is 0 Å². The molecule has 0 bridgehead atoms. The fourth-order valence-electron chi connectivity index (χ4n) is 4.98. The second kappa shape index (κ2) is 1.41. The molecule has 4 aliphatic rings. The van der Waals surface area contributed by atoms with Crippen molar-refractivity contribution in [3.8, 4) is 0 Å². The van der Waals surface area contributed by atoms with Crippen molar-refractivity contribution in [1.29, 1.82) is 0 Å². The molecule has 0 nitrogen and oxygen atoms in total. The molecule has 7 unspecified atom stereocenters. The average Bonchev–Trinajstić information content (AvgIpc) is 1.92. The first-order chi connectivity index (χ1) is 5.38. The van der Waals surface area contributed by atoms with Crippen LogP contribution in [0.1, 0.15) is 26.2 Å². The summed E-state index contributed by atoms with van der Waals surface area (Å²) in [5.74, 6) is 8.57. The summed E-state index contributed by atoms with van der Waals surface area (Å²) in [6.45, 7) is 2.48. The Balaban J connectivity index is 1.64. The van der Waals surface area contributed by atoms with Crippen molar-refractivity contribution < 1.29 is 0 Å². The maximum Gasteiger partial charge on any atom is -0.0315 e. The van der Waals surface area contributed by atoms with Gasteiger partial charge in [-0.3, -0.25) is 0 Å². The molecular formula is C11H16. The molecule has 0 aromatic carbocycles. The van der Waals surface area contributed by atoms with E-state index in [1.165, 1.54) is 35.5 Å². The first kappa shape index (κ1) is 5.61. The van der Waals surface area contributed by atoms with Gasteiger partial charge in [-0.25, -0.2) is 0 Å². The second-order valence-electron chi connectivity index (χ2n) is 5.51. The molecule has 0 aromatic heterocycles. The third kappa shape index (κ3) is 0.381. The van der Waals surface area contributed by atoms with Crippen molar-refractivity contribution in [3.63, 3.8) is 0 Å². The van der Waals surface area contributed by atoms with Crippen LogP contribution in [0.15, 0.2) is 0 Å². The lowest BCUT2D eigenvalue weighted by Gasteiger charge is -2.78. The van der Waals surface area contributed by atoms with Gasteiger partial charge >= 0.3 is 0 Å². The van der Waals surface area contributed by atoms with Crippen LogP contribution in [-0.2, 0) is 0 Å². The number of rotatable bonds is 0. The predicted octanol–water partition coefficient (Wildman–Crippen LogP) is 2.54. The summed E-state index contributed by atoms with van der Waals surface area (Å²) in [7, 11) is 0. The Labute approximate surface area is 68.4 Å². The van der Waals surface area contributed by atoms with Gasteiger partial charge in [-0.05, 0) is 60.7 Å². The van der Waals surface area contributed by atoms with Crippen LogP contribution in [-0.4, -0.2) is 0 Å². The summed E-state index contributed by atoms with van der Waals surface area (Å²) in [4.78, 5) is 0. The highest BCUT2D eigenvalue weighted by Crippen LogP contribution is 2.78. The highest BCUT2D eigenvalue weighted by Gasteiger charge is 2.72. The normalized spacial score (nSPS) is 75.5. The topological polar surface area (TPSA) is 0 Å². The molecule has 0 amide bonds. The SMILES string of the molecule is CC1CC2C1C1C3CCC3C21. The summed E-state index contributed by atoms with van der Waals surface area (Å²) in [6.07, 6.45) is 4.79. The van der Waals surface area contributed by atoms with E-state index in [1.807, 2.05) is 0 Å². The minimum absolute atomic E-state index is 1.11. The average molecular weight is 148 g/mol. The molecule has 60 valence electrons. The molecule has 7 atom stereocenters. The Morgan fingerprint density at radius 1 is 0.818 bits per heavy atom. The molecule has 0 N–H and O–H groups in total. The molecule has 0 aromatic rings. The fraction of sp³-hybridized carbons (Fsp3) is 1.00. The van der Waals surface area contributed by atoms with Crippen molar-refractivity contribution in [2.24, 2.45) is 41.4 Å². The van der Waals surface area contributed by atoms with Gasteiger partial charge in [-0.1, -0.05) is 6.92 Å². The van der Waals surface area contributed by atoms with Crippen LogP contribution >= 0.6 is 0 Å². The first-order valence-electron chi connectivity index (χ1n) is 5.38. The van der Waals surface area contributed by atoms with Crippen molar-refractivity contribution in [2.45, 2.75) is 26.2 Å². The highest BCUT2D eigenvalue weighted by molar-refractivity contribution is 5.20. The lowest BCUT2D eigenvalue weighted by atomic mass is 9.26. The van der Waals surface area contributed by atoms with Crippen molar-refractivity contribution in [1.82, 2.24) is 0 Å². The zero-order valence-electron chi connectivity index (χ0n) is 7.16. The van der Waals surface area contributed by atoms with Crippen molar-refractivity contribution in [2.75, 3.05) is 0 Å². The standard InChI is InChI=1S/C11H16/c1-5-4-8-9(5)11-7-3-2-6(7)10(8)11/h5-11H,2-4H2,1H3. The van der Waals surface area contributed by atoms with Gasteiger partial charge in [-0.2, -0.15) is 0 Å². The Bertz CT molecular complexity index is 214. The Hall–Kier alpha value is 0. The fourth-order valence-corrected chi connectivity index (χ4v) is 4.98. The molecule has 4 fully saturated rings. The summed E-state index contributed by atoms with van der Waals surface area (Å²) >= 11 is 0. The van der Waals surface area contributed by atoms with Gasteiger partial charge in [0.25, 0.3) is 0 Å². The van der Waals surface area contributed by atoms with Gasteiger partial charge in [0, 0.05) is 0 Å². The molecule has 0 aliphatic heterocycles. The van der Waals surface area contributed by atoms with Crippen LogP contribution < -0.4 is 0 Å². The summed E-state index contributed by atoms with van der Waals surface area (Å²) in [5.41, 5.74) is 0. The van der Waals surface area contributed by atoms with Crippen LogP contribution in [0.5, 0.6) is 0 Å². The van der Waals surface area contributed by atoms with E-state index in [1.54, 1.807) is 19.3 Å². The molecule has 0 spiro atoms. The van der Waals surface area contributed by atoms with E-state index in [0.29, 0.717) is 0 Å². The molecule has 4 rings (SSSR count). The van der Waals surface area contributed by atoms with Crippen LogP contribution in [0.4, 0.5) is 0 Å². The quantitative estimate of drug-likeness (QED) is 0.495. The predicted molar refractivity (Wildman–Crippen MR) is 44.0 cm³/mol. The minimum atomic E-state index is 1.11. The van der Waals surface area contributed by atoms with Crippen LogP contribution in [0.2, 0.25) is 0 Å². The molecular weight excluding hydrogens is 132 g/mol. The smallest absolute Gasteiger partial charge is 0.0315 e. The van der Waals surface area contributed by atoms with Gasteiger partial charge in [0.15, 0.2) is 0 Å². The van der Waals surface area contributed by atoms with E-state index in [2.05, 4.69) is 6.92 Å². The number of hydrogen-bond acceptors (Lipinski definition) is 0. The van der Waals surface area contributed by atoms with E-state index in [4.69, 9.17) is 0 Å². The Morgan fingerprint density at radius 3 is 2.18 bits per heavy atom. The zero-order chi connectivity index (χ0) is 7.16. The second-order valence-corrected chi connectivity index (χ2v) is 5.51. The van der Waals surface area contributed by atoms with Gasteiger partial charge < -0.3 is 0 Å². The van der Waals surface area contributed by atoms with Crippen LogP contribution in [0, 0.1) is 41.4 Å². The summed E-state index contributed by atoms with van der Waals surface area (Å²) < 4.78 is 0. The maximum atomic E-state index is 2.48. The van der Waals surface area contributed by atoms with Crippen molar-refractivity contribution >= 4 is 0 Å². The monoisotopic (exact) mass is 148 g/mol. The van der Waals surface area contributed by atoms with Gasteiger partial charge in [-0.15, -0.1) is 0 Å². The van der Waals surface area contributed by atoms with E-state index in [0.717, 1.165) is 5.92 Å². The van der Waals surface area contributed by atoms with E-state index in [-0.39, 0.29) is 0 Å². The molecule has 4 saturated carbocycles. The zero-order valence-corrected chi connectivity index (χ0v) is 7.16. The minimum Gasteiger partial charge on any atom is -0.0622 e. The summed E-state index contributed by atoms with van der Waals surface area (Å²) in [6, 6.07) is 0. The van der Waals surface area contributed by atoms with Gasteiger partial charge in [0.2, 0.25) is 0 Å². The third-order valence-electron chi connectivity index (χ3n) is 5.55. The lowest BCUT2D eigenvalue weighted by molar-refractivity contribution is -0.307. The number of fused-ring (bicyclic) bond motifs is 7. The largest absolute Gasteiger partial charge is 0.0622 e. The van der Waals surface area contributed by atoms with Gasteiger partial charge in [0.1, 0.15) is 0 Å². The molecule has 0 saturated heterocycles. The van der Waals surface area contributed by atoms with Crippen LogP contribution in [0.3, 0.4) is 0 Å². The van der Waals surface area contributed by atoms with Gasteiger partial charge in [0.05, 0.1) is 0 Å². The number of hydrogen-bond donors (Lipinski definition) is 0. The highest BCUT2D eigenvalue weighted by atomic mass is 14.8. The molecule has 0 heterocycles. The first-order valence-corrected chi connectivity index (χ1v) is 5.38. The molecule has 4 aliphatic carbocycles. The van der Waals surface area contributed by atoms with Crippen LogP contribution in [0.25, 0.3) is 0 Å². The maximum absolute atomic E-state index is 2.48. The lowest BCUT2D eigenvalue weighted by Crippen LogP contribution is -2.73. The van der Waals surface area contributed by atoms with E-state index >= 15 is 0 Å². The van der Waals surface area contributed by atoms with E-state index in [9.17, 15) is 0 Å². The van der Waals surface area contributed by atoms with Crippen molar-refractivity contribution in [3.05, 3.63) is 0 Å².